The van der Waals surface area contributed by atoms with E-state index in [0.29, 0.717) is 13.2 Å². The number of nitrogens with zero attached hydrogens (tertiary/aromatic N) is 2. The number of hydrogen-bond acceptors (Lipinski definition) is 4. The molecule has 0 saturated carbocycles. The minimum absolute atomic E-state index is 0. The highest BCUT2D eigenvalue weighted by atomic mass is 127. The van der Waals surface area contributed by atoms with Gasteiger partial charge in [0.1, 0.15) is 38.4 Å². The Bertz CT molecular complexity index is 1300. The molecule has 0 radical (unpaired) electrons. The van der Waals surface area contributed by atoms with E-state index in [1.807, 2.05) is 72.8 Å². The Kier molecular flexibility index (Phi) is 12.5. The van der Waals surface area contributed by atoms with Gasteiger partial charge in [0.05, 0.1) is 41.4 Å². The van der Waals surface area contributed by atoms with Gasteiger partial charge >= 0.3 is 0 Å². The molecule has 4 aromatic rings. The summed E-state index contributed by atoms with van der Waals surface area (Å²) in [5, 5.41) is 0. The number of quaternary nitrogens is 2. The Hall–Kier alpha value is -1.90. The highest BCUT2D eigenvalue weighted by Crippen LogP contribution is 2.42. The lowest BCUT2D eigenvalue weighted by atomic mass is 9.97. The van der Waals surface area contributed by atoms with Gasteiger partial charge in [0.15, 0.2) is 0 Å². The van der Waals surface area contributed by atoms with Crippen LogP contribution in [-0.2, 0) is 30.5 Å². The molecular formula is C38H46I2N2O4. The summed E-state index contributed by atoms with van der Waals surface area (Å²) in [5.41, 5.74) is 4.10. The van der Waals surface area contributed by atoms with Crippen molar-refractivity contribution in [3.05, 3.63) is 144 Å². The third-order valence-corrected chi connectivity index (χ3v) is 8.93. The van der Waals surface area contributed by atoms with Crippen molar-refractivity contribution in [3.63, 3.8) is 0 Å². The van der Waals surface area contributed by atoms with Crippen molar-refractivity contribution in [1.29, 1.82) is 0 Å². The molecule has 6 rings (SSSR count). The van der Waals surface area contributed by atoms with Gasteiger partial charge in [-0.25, -0.2) is 0 Å². The van der Waals surface area contributed by atoms with Crippen LogP contribution >= 0.6 is 0 Å². The minimum atomic E-state index is -0.883. The van der Waals surface area contributed by atoms with Gasteiger partial charge < -0.3 is 75.9 Å². The number of hydrogen-bond donors (Lipinski definition) is 0. The zero-order valence-corrected chi connectivity index (χ0v) is 31.5. The number of likely N-dealkylation sites (N-methyl/N-ethyl adjacent to an activating group) is 2. The molecule has 0 bridgehead atoms. The van der Waals surface area contributed by atoms with Gasteiger partial charge in [-0.05, 0) is 0 Å². The minimum Gasteiger partial charge on any atom is -1.00 e. The van der Waals surface area contributed by atoms with Gasteiger partial charge in [-0.15, -0.1) is 0 Å². The van der Waals surface area contributed by atoms with Gasteiger partial charge in [0.2, 0.25) is 11.6 Å². The molecule has 0 spiro atoms. The van der Waals surface area contributed by atoms with Crippen LogP contribution < -0.4 is 48.0 Å². The van der Waals surface area contributed by atoms with Crippen LogP contribution in [0.25, 0.3) is 0 Å². The number of halogens is 2. The molecule has 0 N–H and O–H groups in total. The Morgan fingerprint density at radius 3 is 1.00 bits per heavy atom. The van der Waals surface area contributed by atoms with E-state index in [2.05, 4.69) is 76.7 Å². The fourth-order valence-electron chi connectivity index (χ4n) is 6.60. The van der Waals surface area contributed by atoms with Crippen LogP contribution in [0.2, 0.25) is 0 Å². The smallest absolute Gasteiger partial charge is 0.222 e. The Morgan fingerprint density at radius 2 is 0.739 bits per heavy atom. The maximum absolute atomic E-state index is 6.82. The predicted molar refractivity (Wildman–Crippen MR) is 173 cm³/mol. The molecule has 2 fully saturated rings. The van der Waals surface area contributed by atoms with E-state index in [-0.39, 0.29) is 60.2 Å². The molecule has 0 amide bonds. The van der Waals surface area contributed by atoms with Crippen LogP contribution in [0, 0.1) is 0 Å². The number of ether oxygens (including phenoxy) is 4. The Labute approximate surface area is 308 Å². The molecule has 246 valence electrons. The maximum atomic E-state index is 6.82. The molecule has 0 aliphatic carbocycles. The first-order valence-corrected chi connectivity index (χ1v) is 15.7. The van der Waals surface area contributed by atoms with Crippen molar-refractivity contribution >= 4 is 0 Å². The van der Waals surface area contributed by atoms with E-state index < -0.39 is 11.6 Å². The second kappa shape index (κ2) is 15.5. The number of benzene rings is 4. The first-order chi connectivity index (χ1) is 21.2. The van der Waals surface area contributed by atoms with Crippen LogP contribution in [0.1, 0.15) is 22.3 Å². The van der Waals surface area contributed by atoms with Crippen molar-refractivity contribution in [2.45, 2.75) is 23.8 Å². The van der Waals surface area contributed by atoms with Gasteiger partial charge in [0, 0.05) is 22.3 Å². The van der Waals surface area contributed by atoms with Crippen molar-refractivity contribution < 1.29 is 75.9 Å². The van der Waals surface area contributed by atoms with Crippen molar-refractivity contribution in [1.82, 2.24) is 0 Å². The molecule has 2 unspecified atom stereocenters. The van der Waals surface area contributed by atoms with Crippen LogP contribution in [0.15, 0.2) is 121 Å². The fourth-order valence-corrected chi connectivity index (χ4v) is 6.60. The van der Waals surface area contributed by atoms with Crippen LogP contribution in [0.3, 0.4) is 0 Å². The van der Waals surface area contributed by atoms with E-state index in [9.17, 15) is 0 Å². The quantitative estimate of drug-likeness (QED) is 0.155. The molecule has 4 aromatic carbocycles. The summed E-state index contributed by atoms with van der Waals surface area (Å²) >= 11 is 0. The molecule has 6 nitrogen and oxygen atoms in total. The summed E-state index contributed by atoms with van der Waals surface area (Å²) in [5.74, 6) is -1.77. The SMILES string of the molecule is C[N+](C)(CC[N+](C)(C)CC1COC(c2ccccc2)(c2ccccc2)O1)CC1COC(c2ccccc2)(c2ccccc2)O1.[I-].[I-]. The molecule has 8 heteroatoms. The summed E-state index contributed by atoms with van der Waals surface area (Å²) in [4.78, 5) is 0. The molecule has 2 saturated heterocycles. The lowest BCUT2D eigenvalue weighted by Crippen LogP contribution is -3.00. The molecular weight excluding hydrogens is 802 g/mol. The molecule has 2 aliphatic rings. The average molecular weight is 849 g/mol. The molecule has 46 heavy (non-hydrogen) atoms. The van der Waals surface area contributed by atoms with Gasteiger partial charge in [-0.3, -0.25) is 0 Å². The molecule has 2 heterocycles. The van der Waals surface area contributed by atoms with Crippen LogP contribution in [0.4, 0.5) is 0 Å². The lowest BCUT2D eigenvalue weighted by molar-refractivity contribution is -0.948. The summed E-state index contributed by atoms with van der Waals surface area (Å²) in [7, 11) is 9.16. The van der Waals surface area contributed by atoms with Crippen LogP contribution in [-0.4, -0.2) is 88.8 Å². The van der Waals surface area contributed by atoms with Crippen molar-refractivity contribution in [2.75, 3.05) is 67.6 Å². The standard InChI is InChI=1S/C38H46N2O4.2HI/c1-39(2,27-35-29-41-37(43-35,31-17-9-5-10-18-31)32-19-11-6-12-20-32)25-26-40(3,4)28-36-30-42-38(44-36,33-21-13-7-14-22-33)34-23-15-8-16-24-34;;/h5-24,35-36H,25-30H2,1-4H3;2*1H/q+2;;/p-2. The topological polar surface area (TPSA) is 36.9 Å². The highest BCUT2D eigenvalue weighted by Gasteiger charge is 2.48. The highest BCUT2D eigenvalue weighted by molar-refractivity contribution is 5.35. The van der Waals surface area contributed by atoms with E-state index >= 15 is 0 Å². The van der Waals surface area contributed by atoms with E-state index in [1.54, 1.807) is 0 Å². The second-order valence-electron chi connectivity index (χ2n) is 13.5. The first-order valence-electron chi connectivity index (χ1n) is 15.7. The maximum Gasteiger partial charge on any atom is 0.222 e. The average Bonchev–Trinajstić information content (AvgIpc) is 3.67. The van der Waals surface area contributed by atoms with Gasteiger partial charge in [-0.1, -0.05) is 121 Å². The Morgan fingerprint density at radius 1 is 0.478 bits per heavy atom. The summed E-state index contributed by atoms with van der Waals surface area (Å²) in [6, 6.07) is 41.2. The van der Waals surface area contributed by atoms with Crippen molar-refractivity contribution in [2.24, 2.45) is 0 Å². The predicted octanol–water partition coefficient (Wildman–Crippen LogP) is -0.219. The van der Waals surface area contributed by atoms with E-state index in [4.69, 9.17) is 18.9 Å². The largest absolute Gasteiger partial charge is 1.00 e. The first kappa shape index (κ1) is 36.9. The van der Waals surface area contributed by atoms with Gasteiger partial charge in [0.25, 0.3) is 0 Å². The summed E-state index contributed by atoms with van der Waals surface area (Å²) in [6.45, 7) is 4.81. The normalized spacial score (nSPS) is 20.4. The third kappa shape index (κ3) is 8.20. The second-order valence-corrected chi connectivity index (χ2v) is 13.5. The summed E-state index contributed by atoms with van der Waals surface area (Å²) < 4.78 is 28.4. The van der Waals surface area contributed by atoms with E-state index in [0.717, 1.165) is 57.4 Å². The summed E-state index contributed by atoms with van der Waals surface area (Å²) in [6.07, 6.45) is -0.0464. The third-order valence-electron chi connectivity index (χ3n) is 8.93. The molecule has 2 atom stereocenters. The zero-order chi connectivity index (χ0) is 30.7. The zero-order valence-electron chi connectivity index (χ0n) is 27.2. The van der Waals surface area contributed by atoms with Crippen molar-refractivity contribution in [3.8, 4) is 0 Å². The monoisotopic (exact) mass is 848 g/mol. The molecule has 0 aromatic heterocycles. The van der Waals surface area contributed by atoms with E-state index in [1.165, 1.54) is 0 Å². The fraction of sp³-hybridized carbons (Fsp3) is 0.368. The number of rotatable bonds is 11. The van der Waals surface area contributed by atoms with Gasteiger partial charge in [-0.2, -0.15) is 0 Å². The van der Waals surface area contributed by atoms with Crippen LogP contribution in [0.5, 0.6) is 0 Å². The molecule has 2 aliphatic heterocycles. The Balaban J connectivity index is 0.00000240. The lowest BCUT2D eigenvalue weighted by Gasteiger charge is -2.38.